The fourth-order valence-corrected chi connectivity index (χ4v) is 3.04. The van der Waals surface area contributed by atoms with Gasteiger partial charge >= 0.3 is 12.1 Å². The van der Waals surface area contributed by atoms with Crippen LogP contribution in [0.3, 0.4) is 0 Å². The van der Waals surface area contributed by atoms with Gasteiger partial charge in [-0.1, -0.05) is 36.4 Å². The summed E-state index contributed by atoms with van der Waals surface area (Å²) in [6, 6.07) is 22.9. The van der Waals surface area contributed by atoms with Crippen LogP contribution in [-0.4, -0.2) is 43.9 Å². The van der Waals surface area contributed by atoms with Gasteiger partial charge in [-0.3, -0.25) is 4.98 Å². The number of aliphatic carboxylic acids is 1. The molecule has 0 saturated carbocycles. The fraction of sp³-hybridized carbons (Fsp3) is 0.111. The number of benzene rings is 2. The van der Waals surface area contributed by atoms with Crippen molar-refractivity contribution in [2.24, 2.45) is 0 Å². The lowest BCUT2D eigenvalue weighted by molar-refractivity contribution is -0.192. The smallest absolute Gasteiger partial charge is 0.475 e. The first kappa shape index (κ1) is 28.6. The maximum absolute atomic E-state index is 10.6. The van der Waals surface area contributed by atoms with Gasteiger partial charge in [0.1, 0.15) is 17.3 Å². The normalized spacial score (nSPS) is 11.0. The molecule has 2 aromatic heterocycles. The zero-order chi connectivity index (χ0) is 28.3. The zero-order valence-electron chi connectivity index (χ0n) is 20.3. The molecule has 2 heterocycles. The largest absolute Gasteiger partial charge is 0.490 e. The summed E-state index contributed by atoms with van der Waals surface area (Å²) in [7, 11) is 0. The maximum Gasteiger partial charge on any atom is 0.490 e. The predicted octanol–water partition coefficient (Wildman–Crippen LogP) is 5.69. The third-order valence-electron chi connectivity index (χ3n) is 4.75. The zero-order valence-corrected chi connectivity index (χ0v) is 20.3. The summed E-state index contributed by atoms with van der Waals surface area (Å²) >= 11 is 0. The second kappa shape index (κ2) is 13.5. The molecule has 0 amide bonds. The van der Waals surface area contributed by atoms with Gasteiger partial charge in [0, 0.05) is 36.2 Å². The number of nitrogens with two attached hydrogens (primary N) is 1. The van der Waals surface area contributed by atoms with Gasteiger partial charge < -0.3 is 26.0 Å². The lowest BCUT2D eigenvalue weighted by Gasteiger charge is -2.10. The molecule has 0 radical (unpaired) electrons. The van der Waals surface area contributed by atoms with Crippen molar-refractivity contribution in [3.05, 3.63) is 90.8 Å². The number of hydrogen-bond acceptors (Lipinski definition) is 8. The molecule has 0 unspecified atom stereocenters. The molecule has 39 heavy (non-hydrogen) atoms. The van der Waals surface area contributed by atoms with Gasteiger partial charge in [0.25, 0.3) is 0 Å². The van der Waals surface area contributed by atoms with Crippen LogP contribution in [0.4, 0.5) is 30.6 Å². The van der Waals surface area contributed by atoms with E-state index in [1.165, 1.54) is 0 Å². The van der Waals surface area contributed by atoms with E-state index < -0.39 is 12.1 Å². The molecule has 0 saturated heterocycles. The summed E-state index contributed by atoms with van der Waals surface area (Å²) in [5.41, 5.74) is 9.24. The number of pyridine rings is 1. The molecule has 0 aliphatic rings. The number of halogens is 3. The minimum absolute atomic E-state index is 0.113. The standard InChI is InChI=1S/C25H23N5O2.C2HF3O2/c26-25-29-23(18-6-2-1-3-7-18)17-24(30-25)28-19-9-11-21(12-10-19)32-22-13-14-27-20(16-22)8-4-5-15-31;3-2(4,5)1(6)7/h1-4,6-14,16-17,31H,5,15H2,(H3,26,28,29,30);(H,6,7). The molecule has 202 valence electrons. The van der Waals surface area contributed by atoms with Gasteiger partial charge in [-0.25, -0.2) is 9.78 Å². The van der Waals surface area contributed by atoms with Gasteiger partial charge in [-0.2, -0.15) is 18.2 Å². The van der Waals surface area contributed by atoms with Gasteiger partial charge in [0.2, 0.25) is 5.95 Å². The van der Waals surface area contributed by atoms with Crippen molar-refractivity contribution < 1.29 is 32.9 Å². The molecule has 0 bridgehead atoms. The molecule has 2 aromatic carbocycles. The minimum Gasteiger partial charge on any atom is -0.475 e. The summed E-state index contributed by atoms with van der Waals surface area (Å²) < 4.78 is 37.7. The van der Waals surface area contributed by atoms with Crippen LogP contribution in [0.25, 0.3) is 17.3 Å². The lowest BCUT2D eigenvalue weighted by atomic mass is 10.1. The quantitative estimate of drug-likeness (QED) is 0.222. The van der Waals surface area contributed by atoms with E-state index in [2.05, 4.69) is 20.3 Å². The summed E-state index contributed by atoms with van der Waals surface area (Å²) in [4.78, 5) is 21.8. The number of carboxylic acids is 1. The Kier molecular flexibility index (Phi) is 9.93. The molecular weight excluding hydrogens is 515 g/mol. The van der Waals surface area contributed by atoms with Crippen LogP contribution in [0.1, 0.15) is 12.1 Å². The number of nitrogens with one attached hydrogen (secondary N) is 1. The maximum atomic E-state index is 10.6. The third-order valence-corrected chi connectivity index (χ3v) is 4.75. The summed E-state index contributed by atoms with van der Waals surface area (Å²) in [5.74, 6) is -0.569. The van der Waals surface area contributed by atoms with Gasteiger partial charge in [0.15, 0.2) is 0 Å². The number of aliphatic hydroxyl groups excluding tert-OH is 1. The highest BCUT2D eigenvalue weighted by atomic mass is 19.4. The highest BCUT2D eigenvalue weighted by Gasteiger charge is 2.38. The van der Waals surface area contributed by atoms with Crippen LogP contribution in [0.15, 0.2) is 85.1 Å². The van der Waals surface area contributed by atoms with Crippen molar-refractivity contribution in [1.82, 2.24) is 15.0 Å². The van der Waals surface area contributed by atoms with E-state index in [1.54, 1.807) is 12.3 Å². The van der Waals surface area contributed by atoms with Gasteiger partial charge in [-0.15, -0.1) is 0 Å². The minimum atomic E-state index is -5.08. The molecule has 4 rings (SSSR count). The van der Waals surface area contributed by atoms with E-state index in [0.717, 1.165) is 22.6 Å². The Balaban J connectivity index is 0.000000532. The molecule has 0 fully saturated rings. The van der Waals surface area contributed by atoms with Crippen molar-refractivity contribution in [3.8, 4) is 22.8 Å². The molecule has 0 spiro atoms. The van der Waals surface area contributed by atoms with Crippen molar-refractivity contribution >= 4 is 29.5 Å². The third kappa shape index (κ3) is 9.44. The average molecular weight is 540 g/mol. The Hall–Kier alpha value is -4.97. The predicted molar refractivity (Wildman–Crippen MR) is 140 cm³/mol. The lowest BCUT2D eigenvalue weighted by Crippen LogP contribution is -2.21. The van der Waals surface area contributed by atoms with E-state index in [4.69, 9.17) is 25.5 Å². The van der Waals surface area contributed by atoms with Crippen LogP contribution in [0, 0.1) is 0 Å². The topological polar surface area (TPSA) is 143 Å². The number of rotatable bonds is 8. The Morgan fingerprint density at radius 2 is 1.69 bits per heavy atom. The van der Waals surface area contributed by atoms with Crippen molar-refractivity contribution in [2.75, 3.05) is 17.7 Å². The number of carboxylic acid groups (broad SMARTS) is 1. The fourth-order valence-electron chi connectivity index (χ4n) is 3.04. The van der Waals surface area contributed by atoms with Crippen molar-refractivity contribution in [1.29, 1.82) is 0 Å². The van der Waals surface area contributed by atoms with E-state index >= 15 is 0 Å². The van der Waals surface area contributed by atoms with Crippen LogP contribution in [-0.2, 0) is 4.79 Å². The number of aliphatic hydroxyl groups is 1. The van der Waals surface area contributed by atoms with E-state index in [1.807, 2.05) is 78.9 Å². The average Bonchev–Trinajstić information content (AvgIpc) is 2.90. The second-order valence-corrected chi connectivity index (χ2v) is 7.75. The Morgan fingerprint density at radius 1 is 1.00 bits per heavy atom. The molecule has 0 atom stereocenters. The summed E-state index contributed by atoms with van der Waals surface area (Å²) in [6.45, 7) is 0.113. The Labute approximate surface area is 221 Å². The monoisotopic (exact) mass is 539 g/mol. The number of nitrogens with zero attached hydrogens (tertiary/aromatic N) is 3. The molecule has 4 aromatic rings. The Morgan fingerprint density at radius 3 is 2.33 bits per heavy atom. The van der Waals surface area contributed by atoms with Crippen LogP contribution >= 0.6 is 0 Å². The van der Waals surface area contributed by atoms with E-state index in [-0.39, 0.29) is 12.6 Å². The highest BCUT2D eigenvalue weighted by molar-refractivity contribution is 5.73. The molecule has 0 aliphatic heterocycles. The molecule has 12 heteroatoms. The van der Waals surface area contributed by atoms with Crippen molar-refractivity contribution in [3.63, 3.8) is 0 Å². The highest BCUT2D eigenvalue weighted by Crippen LogP contribution is 2.26. The number of aromatic nitrogens is 3. The molecular formula is C27H24F3N5O4. The number of anilines is 3. The number of ether oxygens (including phenoxy) is 1. The number of carbonyl (C=O) groups is 1. The number of alkyl halides is 3. The Bertz CT molecular complexity index is 1400. The SMILES string of the molecule is Nc1nc(Nc2ccc(Oc3ccnc(C=CCCO)c3)cc2)cc(-c2ccccc2)n1.O=C(O)C(F)(F)F. The van der Waals surface area contributed by atoms with Crippen LogP contribution in [0.5, 0.6) is 11.5 Å². The molecule has 0 aliphatic carbocycles. The van der Waals surface area contributed by atoms with Crippen LogP contribution in [0.2, 0.25) is 0 Å². The first-order chi connectivity index (χ1) is 18.6. The van der Waals surface area contributed by atoms with Crippen LogP contribution < -0.4 is 15.8 Å². The summed E-state index contributed by atoms with van der Waals surface area (Å²) in [6.07, 6.45) is 0.919. The van der Waals surface area contributed by atoms with Crippen molar-refractivity contribution in [2.45, 2.75) is 12.6 Å². The first-order valence-corrected chi connectivity index (χ1v) is 11.4. The number of hydrogen-bond donors (Lipinski definition) is 4. The van der Waals surface area contributed by atoms with Gasteiger partial charge in [-0.05, 0) is 42.8 Å². The molecule has 9 nitrogen and oxygen atoms in total. The first-order valence-electron chi connectivity index (χ1n) is 11.4. The van der Waals surface area contributed by atoms with Gasteiger partial charge in [0.05, 0.1) is 11.4 Å². The summed E-state index contributed by atoms with van der Waals surface area (Å²) in [5, 5.41) is 19.3. The van der Waals surface area contributed by atoms with E-state index in [9.17, 15) is 13.2 Å². The molecule has 5 N–H and O–H groups in total. The number of nitrogen functional groups attached to an aromatic ring is 1. The second-order valence-electron chi connectivity index (χ2n) is 7.75. The van der Waals surface area contributed by atoms with E-state index in [0.29, 0.717) is 23.7 Å².